The molecule has 1 aromatic heterocycles. The van der Waals surface area contributed by atoms with Gasteiger partial charge in [0, 0.05) is 19.0 Å². The predicted octanol–water partition coefficient (Wildman–Crippen LogP) is 14.3. The molecular formula is C58H109N3O15P2. The largest absolute Gasteiger partial charge is 0.481 e. The molecule has 0 amide bonds. The number of nitrogens with zero attached hydrogens (tertiary/aromatic N) is 2. The first-order valence-corrected chi connectivity index (χ1v) is 33.8. The van der Waals surface area contributed by atoms with Crippen molar-refractivity contribution < 1.29 is 66.3 Å². The second kappa shape index (κ2) is 44.4. The van der Waals surface area contributed by atoms with Crippen LogP contribution in [0.15, 0.2) is 17.1 Å². The van der Waals surface area contributed by atoms with Gasteiger partial charge >= 0.3 is 33.3 Å². The maximum absolute atomic E-state index is 13.0. The number of nitrogen functional groups attached to an aromatic ring is 1. The molecule has 0 radical (unpaired) electrons. The minimum Gasteiger partial charge on any atom is -0.462 e. The average molecular weight is 1150 g/mol. The van der Waals surface area contributed by atoms with Gasteiger partial charge in [0.25, 0.3) is 0 Å². The molecule has 78 heavy (non-hydrogen) atoms. The first kappa shape index (κ1) is 71.9. The number of nitrogens with two attached hydrogens (primary N) is 1. The number of ether oxygens (including phenoxy) is 3. The Morgan fingerprint density at radius 2 is 0.987 bits per heavy atom. The highest BCUT2D eigenvalue weighted by Crippen LogP contribution is 2.60. The highest BCUT2D eigenvalue weighted by atomic mass is 31.3. The summed E-state index contributed by atoms with van der Waals surface area (Å²) in [5, 5.41) is 21.0. The summed E-state index contributed by atoms with van der Waals surface area (Å²) in [5.41, 5.74) is 4.61. The molecule has 2 heterocycles. The van der Waals surface area contributed by atoms with E-state index in [0.717, 1.165) is 67.8 Å². The third kappa shape index (κ3) is 36.3. The number of rotatable bonds is 52. The summed E-state index contributed by atoms with van der Waals surface area (Å²) in [6, 6.07) is 1.25. The maximum Gasteiger partial charge on any atom is 0.481 e. The van der Waals surface area contributed by atoms with E-state index in [0.29, 0.717) is 12.8 Å². The highest BCUT2D eigenvalue weighted by Gasteiger charge is 2.46. The average Bonchev–Trinajstić information content (AvgIpc) is 3.75. The molecule has 1 saturated heterocycles. The lowest BCUT2D eigenvalue weighted by Crippen LogP contribution is -2.36. The molecule has 0 aromatic carbocycles. The van der Waals surface area contributed by atoms with E-state index in [1.54, 1.807) is 0 Å². The van der Waals surface area contributed by atoms with Gasteiger partial charge in [0.1, 0.15) is 30.7 Å². The molecule has 9 atom stereocenters. The quantitative estimate of drug-likeness (QED) is 0.0230. The van der Waals surface area contributed by atoms with Crippen LogP contribution in [0.2, 0.25) is 0 Å². The van der Waals surface area contributed by atoms with Crippen molar-refractivity contribution in [3.05, 3.63) is 22.7 Å². The predicted molar refractivity (Wildman–Crippen MR) is 307 cm³/mol. The third-order valence-corrected chi connectivity index (χ3v) is 17.9. The number of phosphoric ester groups is 2. The first-order chi connectivity index (χ1) is 37.5. The molecular weight excluding hydrogens is 1040 g/mol. The molecule has 1 aliphatic heterocycles. The van der Waals surface area contributed by atoms with E-state index in [1.807, 2.05) is 0 Å². The van der Waals surface area contributed by atoms with Gasteiger partial charge in [0.15, 0.2) is 12.3 Å². The second-order valence-corrected chi connectivity index (χ2v) is 25.5. The van der Waals surface area contributed by atoms with Gasteiger partial charge in [-0.1, -0.05) is 246 Å². The van der Waals surface area contributed by atoms with Crippen molar-refractivity contribution in [3.8, 4) is 0 Å². The van der Waals surface area contributed by atoms with Crippen molar-refractivity contribution in [1.29, 1.82) is 0 Å². The smallest absolute Gasteiger partial charge is 0.462 e. The Hall–Kier alpha value is -2.24. The normalized spacial score (nSPS) is 19.3. The van der Waals surface area contributed by atoms with E-state index < -0.39 is 83.7 Å². The number of aliphatic hydroxyl groups excluding tert-OH is 2. The van der Waals surface area contributed by atoms with Crippen molar-refractivity contribution >= 4 is 33.4 Å². The van der Waals surface area contributed by atoms with E-state index >= 15 is 0 Å². The highest BCUT2D eigenvalue weighted by molar-refractivity contribution is 7.61. The fraction of sp³-hybridized carbons (Fsp3) is 0.897. The van der Waals surface area contributed by atoms with Crippen LogP contribution >= 0.6 is 15.6 Å². The topological polar surface area (TPSA) is 265 Å². The number of aliphatic hydroxyl groups is 2. The van der Waals surface area contributed by atoms with Gasteiger partial charge in [-0.2, -0.15) is 9.29 Å². The van der Waals surface area contributed by atoms with Crippen LogP contribution in [0.3, 0.4) is 0 Å². The molecule has 456 valence electrons. The molecule has 2 rings (SSSR count). The summed E-state index contributed by atoms with van der Waals surface area (Å²) in [4.78, 5) is 62.3. The van der Waals surface area contributed by atoms with Crippen molar-refractivity contribution in [3.63, 3.8) is 0 Å². The first-order valence-electron chi connectivity index (χ1n) is 30.8. The summed E-state index contributed by atoms with van der Waals surface area (Å²) >= 11 is 0. The molecule has 1 aliphatic rings. The SMILES string of the molecule is CCC(C)CCCCCCCCCCCCCCCCCCCCC(=O)O[C@H](COC(=O)CCCCCCCCCCCCCCCCC(C)CC)COP(=O)(O)OP(=O)(O)OC[C@H]1O[C@@H](n2ccc(N)nc2=O)C(O)[C@H]1O. The van der Waals surface area contributed by atoms with Crippen molar-refractivity contribution in [2.45, 2.75) is 302 Å². The van der Waals surface area contributed by atoms with Crippen molar-refractivity contribution in [1.82, 2.24) is 9.55 Å². The van der Waals surface area contributed by atoms with Crippen molar-refractivity contribution in [2.24, 2.45) is 11.8 Å². The summed E-state index contributed by atoms with van der Waals surface area (Å²) in [7, 11) is -10.8. The van der Waals surface area contributed by atoms with Gasteiger partial charge in [-0.15, -0.1) is 0 Å². The van der Waals surface area contributed by atoms with Crippen LogP contribution in [0.25, 0.3) is 0 Å². The molecule has 0 aliphatic carbocycles. The van der Waals surface area contributed by atoms with Crippen LogP contribution in [-0.4, -0.2) is 85.7 Å². The molecule has 5 unspecified atom stereocenters. The van der Waals surface area contributed by atoms with Gasteiger partial charge in [-0.3, -0.25) is 23.2 Å². The number of carbonyl (C=O) groups is 2. The Morgan fingerprint density at radius 3 is 1.40 bits per heavy atom. The van der Waals surface area contributed by atoms with Gasteiger partial charge in [-0.05, 0) is 30.7 Å². The molecule has 0 spiro atoms. The van der Waals surface area contributed by atoms with Gasteiger partial charge in [0.05, 0.1) is 13.2 Å². The van der Waals surface area contributed by atoms with Gasteiger partial charge in [0.2, 0.25) is 0 Å². The molecule has 18 nitrogen and oxygen atoms in total. The molecule has 20 heteroatoms. The van der Waals surface area contributed by atoms with E-state index in [2.05, 4.69) is 37.0 Å². The summed E-state index contributed by atoms with van der Waals surface area (Å²) in [6.45, 7) is 6.97. The lowest BCUT2D eigenvalue weighted by atomic mass is 9.99. The zero-order valence-electron chi connectivity index (χ0n) is 48.8. The van der Waals surface area contributed by atoms with E-state index in [1.165, 1.54) is 179 Å². The minimum atomic E-state index is -5.43. The number of anilines is 1. The van der Waals surface area contributed by atoms with Crippen LogP contribution in [-0.2, 0) is 46.3 Å². The molecule has 6 N–H and O–H groups in total. The number of hydrogen-bond acceptors (Lipinski definition) is 15. The Morgan fingerprint density at radius 1 is 0.603 bits per heavy atom. The van der Waals surface area contributed by atoms with Crippen LogP contribution in [0.4, 0.5) is 5.82 Å². The standard InChI is InChI=1S/C58H109N3O15P2/c1-5-48(3)39-35-31-27-23-19-15-11-9-7-8-10-12-18-22-26-30-34-38-42-54(63)74-50(45-71-53(62)41-37-33-29-25-21-17-14-13-16-20-24-28-32-36-40-49(4)6-2)46-72-77(67,68)76-78(69,70)73-47-51-55(64)56(65)57(75-51)61-44-43-52(59)60-58(61)66/h43-44,48-51,55-57,64-65H,5-42,45-47H2,1-4H3,(H,67,68)(H,69,70)(H2,59,60,66)/t48?,49?,50-,51-,55+,56?,57-/m1/s1. The maximum atomic E-state index is 13.0. The number of carbonyl (C=O) groups excluding carboxylic acids is 2. The van der Waals surface area contributed by atoms with Crippen LogP contribution < -0.4 is 11.4 Å². The van der Waals surface area contributed by atoms with Crippen LogP contribution in [0, 0.1) is 11.8 Å². The number of phosphoric acid groups is 2. The minimum absolute atomic E-state index is 0.0582. The number of unbranched alkanes of at least 4 members (excludes halogenated alkanes) is 30. The Kier molecular flexibility index (Phi) is 40.9. The molecule has 0 saturated carbocycles. The van der Waals surface area contributed by atoms with E-state index in [9.17, 15) is 43.5 Å². The van der Waals surface area contributed by atoms with E-state index in [4.69, 9.17) is 29.0 Å². The van der Waals surface area contributed by atoms with Gasteiger partial charge in [-0.25, -0.2) is 13.9 Å². The molecule has 1 fully saturated rings. The number of hydrogen-bond donors (Lipinski definition) is 5. The number of esters is 2. The van der Waals surface area contributed by atoms with Crippen molar-refractivity contribution in [2.75, 3.05) is 25.6 Å². The zero-order valence-corrected chi connectivity index (χ0v) is 50.6. The lowest BCUT2D eigenvalue weighted by Gasteiger charge is -2.21. The Labute approximate surface area is 470 Å². The summed E-state index contributed by atoms with van der Waals surface area (Å²) < 4.78 is 57.1. The summed E-state index contributed by atoms with van der Waals surface area (Å²) in [5.74, 6) is 0.452. The van der Waals surface area contributed by atoms with Gasteiger partial charge < -0.3 is 39.9 Å². The lowest BCUT2D eigenvalue weighted by molar-refractivity contribution is -0.161. The fourth-order valence-electron chi connectivity index (χ4n) is 9.74. The zero-order chi connectivity index (χ0) is 57.3. The second-order valence-electron chi connectivity index (χ2n) is 22.4. The van der Waals surface area contributed by atoms with Crippen LogP contribution in [0.1, 0.15) is 278 Å². The molecule has 0 bridgehead atoms. The fourth-order valence-corrected chi connectivity index (χ4v) is 11.9. The summed E-state index contributed by atoms with van der Waals surface area (Å²) in [6.07, 6.45) is 37.3. The van der Waals surface area contributed by atoms with E-state index in [-0.39, 0.29) is 18.7 Å². The molecule has 1 aromatic rings. The Balaban J connectivity index is 1.71. The van der Waals surface area contributed by atoms with Crippen LogP contribution in [0.5, 0.6) is 0 Å². The third-order valence-electron chi connectivity index (χ3n) is 15.3. The Bertz CT molecular complexity index is 1840. The monoisotopic (exact) mass is 1150 g/mol. The number of aromatic nitrogens is 2.